The van der Waals surface area contributed by atoms with E-state index in [-0.39, 0.29) is 0 Å². The van der Waals surface area contributed by atoms with Crippen LogP contribution in [-0.2, 0) is 4.74 Å². The molecule has 0 radical (unpaired) electrons. The number of hydrogen-bond donors (Lipinski definition) is 1. The molecule has 0 amide bonds. The Labute approximate surface area is 86.0 Å². The van der Waals surface area contributed by atoms with Crippen molar-refractivity contribution in [1.29, 1.82) is 0 Å². The summed E-state index contributed by atoms with van der Waals surface area (Å²) in [7, 11) is 0. The average Bonchev–Trinajstić information content (AvgIpc) is 2.18. The maximum atomic E-state index is 5.53. The molecule has 78 valence electrons. The molecular formula is C12H19NO. The number of hydrogen-bond acceptors (Lipinski definition) is 2. The van der Waals surface area contributed by atoms with E-state index in [1.165, 1.54) is 44.9 Å². The van der Waals surface area contributed by atoms with Crippen LogP contribution in [0.5, 0.6) is 0 Å². The van der Waals surface area contributed by atoms with Gasteiger partial charge in [0.25, 0.3) is 0 Å². The number of nitrogens with one attached hydrogen (secondary N) is 1. The first kappa shape index (κ1) is 9.63. The summed E-state index contributed by atoms with van der Waals surface area (Å²) in [6.45, 7) is 0. The third-order valence-corrected chi connectivity index (χ3v) is 3.10. The van der Waals surface area contributed by atoms with Gasteiger partial charge in [0.2, 0.25) is 0 Å². The molecule has 0 aromatic carbocycles. The maximum absolute atomic E-state index is 5.53. The molecule has 2 rings (SSSR count). The summed E-state index contributed by atoms with van der Waals surface area (Å²) < 4.78 is 5.53. The molecule has 1 aliphatic heterocycles. The van der Waals surface area contributed by atoms with Crippen LogP contribution in [0.4, 0.5) is 0 Å². The average molecular weight is 193 g/mol. The Morgan fingerprint density at radius 3 is 2.43 bits per heavy atom. The summed E-state index contributed by atoms with van der Waals surface area (Å²) in [5.41, 5.74) is 0. The fourth-order valence-corrected chi connectivity index (χ4v) is 2.27. The molecule has 1 aliphatic carbocycles. The van der Waals surface area contributed by atoms with Crippen molar-refractivity contribution in [3.63, 3.8) is 0 Å². The Kier molecular flexibility index (Phi) is 3.50. The number of rotatable bonds is 1. The molecule has 0 unspecified atom stereocenters. The van der Waals surface area contributed by atoms with Crippen molar-refractivity contribution in [2.45, 2.75) is 44.9 Å². The van der Waals surface area contributed by atoms with Gasteiger partial charge in [0.15, 0.2) is 0 Å². The summed E-state index contributed by atoms with van der Waals surface area (Å²) in [6.07, 6.45) is 15.1. The van der Waals surface area contributed by atoms with Gasteiger partial charge in [-0.1, -0.05) is 32.1 Å². The zero-order valence-electron chi connectivity index (χ0n) is 8.67. The largest absolute Gasteiger partial charge is 0.466 e. The molecule has 2 nitrogen and oxygen atoms in total. The minimum absolute atomic E-state index is 0.646. The Morgan fingerprint density at radius 2 is 1.79 bits per heavy atom. The van der Waals surface area contributed by atoms with Crippen LogP contribution in [0.25, 0.3) is 0 Å². The third-order valence-electron chi connectivity index (χ3n) is 3.10. The summed E-state index contributed by atoms with van der Waals surface area (Å²) in [5.74, 6) is 1.78. The highest BCUT2D eigenvalue weighted by Gasteiger charge is 2.17. The highest BCUT2D eigenvalue weighted by atomic mass is 16.5. The molecule has 1 saturated carbocycles. The molecule has 0 aromatic rings. The lowest BCUT2D eigenvalue weighted by molar-refractivity contribution is 0.250. The van der Waals surface area contributed by atoms with Crippen LogP contribution >= 0.6 is 0 Å². The van der Waals surface area contributed by atoms with E-state index in [9.17, 15) is 0 Å². The molecule has 0 aromatic heterocycles. The van der Waals surface area contributed by atoms with Crippen molar-refractivity contribution in [2.75, 3.05) is 0 Å². The van der Waals surface area contributed by atoms with Gasteiger partial charge in [0, 0.05) is 18.3 Å². The minimum atomic E-state index is 0.646. The predicted octanol–water partition coefficient (Wildman–Crippen LogP) is 3.28. The van der Waals surface area contributed by atoms with Gasteiger partial charge in [-0.15, -0.1) is 0 Å². The molecule has 14 heavy (non-hydrogen) atoms. The van der Waals surface area contributed by atoms with E-state index < -0.39 is 0 Å². The van der Waals surface area contributed by atoms with Crippen molar-refractivity contribution in [3.8, 4) is 0 Å². The van der Waals surface area contributed by atoms with Gasteiger partial charge in [0.1, 0.15) is 12.0 Å². The second kappa shape index (κ2) is 5.08. The van der Waals surface area contributed by atoms with Crippen LogP contribution in [0, 0.1) is 5.92 Å². The maximum Gasteiger partial charge on any atom is 0.122 e. The van der Waals surface area contributed by atoms with E-state index in [1.54, 1.807) is 6.26 Å². The van der Waals surface area contributed by atoms with Crippen LogP contribution in [0.15, 0.2) is 24.4 Å². The van der Waals surface area contributed by atoms with E-state index in [0.717, 1.165) is 5.76 Å². The Bertz CT molecular complexity index is 224. The minimum Gasteiger partial charge on any atom is -0.466 e. The lowest BCUT2D eigenvalue weighted by Crippen LogP contribution is -2.13. The van der Waals surface area contributed by atoms with E-state index in [4.69, 9.17) is 4.74 Å². The van der Waals surface area contributed by atoms with Crippen LogP contribution in [-0.4, -0.2) is 0 Å². The Balaban J connectivity index is 1.90. The molecule has 1 N–H and O–H groups in total. The van der Waals surface area contributed by atoms with Crippen LogP contribution in [0.1, 0.15) is 44.9 Å². The van der Waals surface area contributed by atoms with E-state index in [0.29, 0.717) is 5.92 Å². The van der Waals surface area contributed by atoms with Gasteiger partial charge in [-0.05, 0) is 12.8 Å². The summed E-state index contributed by atoms with van der Waals surface area (Å²) in [6, 6.07) is 0. The zero-order chi connectivity index (χ0) is 9.64. The Hall–Kier alpha value is -0.920. The van der Waals surface area contributed by atoms with Gasteiger partial charge in [-0.3, -0.25) is 0 Å². The summed E-state index contributed by atoms with van der Waals surface area (Å²) in [4.78, 5) is 0. The van der Waals surface area contributed by atoms with Crippen molar-refractivity contribution < 1.29 is 4.74 Å². The van der Waals surface area contributed by atoms with Crippen LogP contribution < -0.4 is 5.32 Å². The van der Waals surface area contributed by atoms with Crippen LogP contribution in [0.2, 0.25) is 0 Å². The first-order valence-electron chi connectivity index (χ1n) is 5.74. The van der Waals surface area contributed by atoms with E-state index in [1.807, 2.05) is 12.4 Å². The lowest BCUT2D eigenvalue weighted by Gasteiger charge is -2.22. The highest BCUT2D eigenvalue weighted by molar-refractivity contribution is 5.05. The van der Waals surface area contributed by atoms with Crippen molar-refractivity contribution in [1.82, 2.24) is 5.32 Å². The van der Waals surface area contributed by atoms with Gasteiger partial charge in [-0.2, -0.15) is 0 Å². The molecule has 2 heteroatoms. The molecule has 2 aliphatic rings. The molecule has 0 saturated heterocycles. The highest BCUT2D eigenvalue weighted by Crippen LogP contribution is 2.28. The predicted molar refractivity (Wildman–Crippen MR) is 57.3 cm³/mol. The SMILES string of the molecule is C1=COC(C2CCCCCCC2)=CN1. The first-order chi connectivity index (χ1) is 6.97. The molecular weight excluding hydrogens is 174 g/mol. The quantitative estimate of drug-likeness (QED) is 0.690. The smallest absolute Gasteiger partial charge is 0.122 e. The third kappa shape index (κ3) is 2.53. The molecule has 0 spiro atoms. The fourth-order valence-electron chi connectivity index (χ4n) is 2.27. The van der Waals surface area contributed by atoms with E-state index >= 15 is 0 Å². The van der Waals surface area contributed by atoms with Crippen molar-refractivity contribution in [2.24, 2.45) is 5.92 Å². The molecule has 1 fully saturated rings. The fraction of sp³-hybridized carbons (Fsp3) is 0.667. The van der Waals surface area contributed by atoms with Crippen molar-refractivity contribution >= 4 is 0 Å². The number of allylic oxidation sites excluding steroid dienone is 1. The second-order valence-corrected chi connectivity index (χ2v) is 4.18. The van der Waals surface area contributed by atoms with Gasteiger partial charge in [0.05, 0.1) is 0 Å². The second-order valence-electron chi connectivity index (χ2n) is 4.18. The van der Waals surface area contributed by atoms with Gasteiger partial charge < -0.3 is 10.1 Å². The Morgan fingerprint density at radius 1 is 1.07 bits per heavy atom. The standard InChI is InChI=1S/C12H19NO/c1-2-4-6-11(7-5-3-1)12-10-13-8-9-14-12/h8-11,13H,1-7H2. The monoisotopic (exact) mass is 193 g/mol. The zero-order valence-corrected chi connectivity index (χ0v) is 8.67. The molecule has 0 atom stereocenters. The first-order valence-corrected chi connectivity index (χ1v) is 5.74. The van der Waals surface area contributed by atoms with Crippen molar-refractivity contribution in [3.05, 3.63) is 24.4 Å². The lowest BCUT2D eigenvalue weighted by atomic mass is 9.90. The normalized spacial score (nSPS) is 24.1. The van der Waals surface area contributed by atoms with Gasteiger partial charge >= 0.3 is 0 Å². The van der Waals surface area contributed by atoms with Crippen LogP contribution in [0.3, 0.4) is 0 Å². The number of ether oxygens (including phenoxy) is 1. The van der Waals surface area contributed by atoms with Gasteiger partial charge in [-0.25, -0.2) is 0 Å². The molecule has 0 bridgehead atoms. The van der Waals surface area contributed by atoms with E-state index in [2.05, 4.69) is 5.32 Å². The molecule has 1 heterocycles. The summed E-state index contributed by atoms with van der Waals surface area (Å²) in [5, 5.41) is 3.10. The topological polar surface area (TPSA) is 21.3 Å². The summed E-state index contributed by atoms with van der Waals surface area (Å²) >= 11 is 0.